The van der Waals surface area contributed by atoms with E-state index in [4.69, 9.17) is 10.2 Å². The molecule has 0 unspecified atom stereocenters. The van der Waals surface area contributed by atoms with Crippen molar-refractivity contribution in [2.24, 2.45) is 5.41 Å². The maximum Gasteiger partial charge on any atom is 0.217 e. The molecular formula is C13H20O3. The van der Waals surface area contributed by atoms with Crippen LogP contribution in [0.3, 0.4) is 0 Å². The Morgan fingerprint density at radius 1 is 1.44 bits per heavy atom. The zero-order chi connectivity index (χ0) is 12.3. The summed E-state index contributed by atoms with van der Waals surface area (Å²) >= 11 is 0. The Morgan fingerprint density at radius 2 is 2.06 bits per heavy atom. The van der Waals surface area contributed by atoms with Crippen LogP contribution < -0.4 is 0 Å². The topological polar surface area (TPSA) is 57.5 Å². The van der Waals surface area contributed by atoms with Crippen molar-refractivity contribution in [3.05, 3.63) is 23.3 Å². The smallest absolute Gasteiger partial charge is 0.217 e. The van der Waals surface area contributed by atoms with Gasteiger partial charge in [0.2, 0.25) is 12.1 Å². The van der Waals surface area contributed by atoms with Crippen LogP contribution in [-0.2, 0) is 4.79 Å². The summed E-state index contributed by atoms with van der Waals surface area (Å²) in [5.74, 6) is -0.665. The third-order valence-electron chi connectivity index (χ3n) is 3.21. The van der Waals surface area contributed by atoms with Crippen LogP contribution in [0.1, 0.15) is 40.0 Å². The monoisotopic (exact) mass is 224 g/mol. The Hall–Kier alpha value is -0.930. The second-order valence-corrected chi connectivity index (χ2v) is 5.04. The maximum absolute atomic E-state index is 11.1. The summed E-state index contributed by atoms with van der Waals surface area (Å²) < 4.78 is 0. The van der Waals surface area contributed by atoms with Crippen LogP contribution in [0.5, 0.6) is 0 Å². The number of hydrogen-bond acceptors (Lipinski definition) is 3. The number of allylic oxidation sites excluding steroid dienone is 3. The van der Waals surface area contributed by atoms with Crippen molar-refractivity contribution in [2.75, 3.05) is 0 Å². The van der Waals surface area contributed by atoms with Crippen LogP contribution in [0.15, 0.2) is 23.3 Å². The second-order valence-electron chi connectivity index (χ2n) is 5.04. The maximum atomic E-state index is 11.1. The van der Waals surface area contributed by atoms with E-state index in [-0.39, 0.29) is 5.41 Å². The van der Waals surface area contributed by atoms with Gasteiger partial charge >= 0.3 is 0 Å². The van der Waals surface area contributed by atoms with Gasteiger partial charge in [0.05, 0.1) is 0 Å². The fourth-order valence-electron chi connectivity index (χ4n) is 2.26. The first-order valence-electron chi connectivity index (χ1n) is 5.63. The SMILES string of the molecule is CC1=C(/C=C/C(=O)C(O)O)C(C)(C)CCC1. The first-order valence-corrected chi connectivity index (χ1v) is 5.63. The number of hydrogen-bond donors (Lipinski definition) is 2. The standard InChI is InChI=1S/C13H20O3/c1-9-5-4-8-13(2,3)10(9)6-7-11(14)12(15)16/h6-7,12,15-16H,4-5,8H2,1-3H3/b7-6+. The van der Waals surface area contributed by atoms with E-state index >= 15 is 0 Å². The molecule has 16 heavy (non-hydrogen) atoms. The highest BCUT2D eigenvalue weighted by Gasteiger charge is 2.26. The van der Waals surface area contributed by atoms with E-state index in [1.165, 1.54) is 18.1 Å². The van der Waals surface area contributed by atoms with Crippen LogP contribution in [0.4, 0.5) is 0 Å². The minimum atomic E-state index is -1.90. The van der Waals surface area contributed by atoms with Crippen LogP contribution in [0.25, 0.3) is 0 Å². The van der Waals surface area contributed by atoms with Gasteiger partial charge in [0.15, 0.2) is 0 Å². The van der Waals surface area contributed by atoms with Gasteiger partial charge in [0, 0.05) is 0 Å². The summed E-state index contributed by atoms with van der Waals surface area (Å²) in [4.78, 5) is 11.1. The van der Waals surface area contributed by atoms with Gasteiger partial charge < -0.3 is 10.2 Å². The summed E-state index contributed by atoms with van der Waals surface area (Å²) in [7, 11) is 0. The molecule has 0 atom stereocenters. The summed E-state index contributed by atoms with van der Waals surface area (Å²) in [6.07, 6.45) is 4.42. The van der Waals surface area contributed by atoms with Crippen LogP contribution in [0.2, 0.25) is 0 Å². The molecule has 0 spiro atoms. The van der Waals surface area contributed by atoms with Crippen LogP contribution in [-0.4, -0.2) is 22.3 Å². The van der Waals surface area contributed by atoms with Gasteiger partial charge in [-0.2, -0.15) is 0 Å². The number of aliphatic hydroxyl groups is 2. The zero-order valence-electron chi connectivity index (χ0n) is 10.2. The molecule has 3 heteroatoms. The lowest BCUT2D eigenvalue weighted by molar-refractivity contribution is -0.139. The van der Waals surface area contributed by atoms with Crippen molar-refractivity contribution in [3.8, 4) is 0 Å². The molecule has 2 N–H and O–H groups in total. The van der Waals surface area contributed by atoms with Crippen LogP contribution >= 0.6 is 0 Å². The highest BCUT2D eigenvalue weighted by Crippen LogP contribution is 2.40. The summed E-state index contributed by atoms with van der Waals surface area (Å²) in [5.41, 5.74) is 2.50. The van der Waals surface area contributed by atoms with Crippen LogP contribution in [0, 0.1) is 5.41 Å². The van der Waals surface area contributed by atoms with E-state index in [0.29, 0.717) is 0 Å². The first-order chi connectivity index (χ1) is 7.34. The summed E-state index contributed by atoms with van der Waals surface area (Å²) in [6.45, 7) is 6.37. The van der Waals surface area contributed by atoms with Crippen molar-refractivity contribution >= 4 is 5.78 Å². The Morgan fingerprint density at radius 3 is 2.56 bits per heavy atom. The number of carbonyl (C=O) groups is 1. The zero-order valence-corrected chi connectivity index (χ0v) is 10.2. The molecule has 0 fully saturated rings. The highest BCUT2D eigenvalue weighted by molar-refractivity contribution is 5.92. The van der Waals surface area contributed by atoms with E-state index in [2.05, 4.69) is 20.8 Å². The predicted molar refractivity (Wildman–Crippen MR) is 62.7 cm³/mol. The van der Waals surface area contributed by atoms with Gasteiger partial charge in [0.25, 0.3) is 0 Å². The van der Waals surface area contributed by atoms with Crippen molar-refractivity contribution in [3.63, 3.8) is 0 Å². The molecule has 3 nitrogen and oxygen atoms in total. The molecule has 0 saturated heterocycles. The molecule has 0 aromatic heterocycles. The minimum absolute atomic E-state index is 0.0690. The Kier molecular flexibility index (Phi) is 4.05. The summed E-state index contributed by atoms with van der Waals surface area (Å²) in [5, 5.41) is 17.4. The lowest BCUT2D eigenvalue weighted by Gasteiger charge is -2.32. The van der Waals surface area contributed by atoms with E-state index in [1.54, 1.807) is 6.08 Å². The molecule has 0 amide bonds. The molecule has 0 bridgehead atoms. The molecule has 1 aliphatic carbocycles. The molecule has 0 aliphatic heterocycles. The van der Waals surface area contributed by atoms with Gasteiger partial charge in [-0.3, -0.25) is 4.79 Å². The van der Waals surface area contributed by atoms with Gasteiger partial charge in [0.1, 0.15) is 0 Å². The number of ketones is 1. The molecule has 1 rings (SSSR count). The molecule has 0 saturated carbocycles. The fourth-order valence-corrected chi connectivity index (χ4v) is 2.26. The number of aliphatic hydroxyl groups excluding tert-OH is 1. The fraction of sp³-hybridized carbons (Fsp3) is 0.615. The van der Waals surface area contributed by atoms with Crippen molar-refractivity contribution < 1.29 is 15.0 Å². The van der Waals surface area contributed by atoms with E-state index in [1.807, 2.05) is 0 Å². The van der Waals surface area contributed by atoms with E-state index in [0.717, 1.165) is 18.4 Å². The molecular weight excluding hydrogens is 204 g/mol. The van der Waals surface area contributed by atoms with E-state index in [9.17, 15) is 4.79 Å². The second kappa shape index (κ2) is 4.93. The molecule has 0 aromatic rings. The normalized spacial score (nSPS) is 20.9. The average Bonchev–Trinajstić information content (AvgIpc) is 2.15. The first kappa shape index (κ1) is 13.1. The molecule has 0 aromatic carbocycles. The van der Waals surface area contributed by atoms with Gasteiger partial charge in [-0.05, 0) is 43.3 Å². The van der Waals surface area contributed by atoms with Gasteiger partial charge in [-0.15, -0.1) is 0 Å². The third kappa shape index (κ3) is 3.03. The molecule has 0 heterocycles. The molecule has 0 radical (unpaired) electrons. The van der Waals surface area contributed by atoms with Crippen molar-refractivity contribution in [1.82, 2.24) is 0 Å². The largest absolute Gasteiger partial charge is 0.362 e. The lowest BCUT2D eigenvalue weighted by Crippen LogP contribution is -2.20. The Bertz CT molecular complexity index is 335. The highest BCUT2D eigenvalue weighted by atomic mass is 16.5. The summed E-state index contributed by atoms with van der Waals surface area (Å²) in [6, 6.07) is 0. The average molecular weight is 224 g/mol. The van der Waals surface area contributed by atoms with Gasteiger partial charge in [-0.1, -0.05) is 25.5 Å². The Balaban J connectivity index is 2.90. The molecule has 90 valence electrons. The molecule has 1 aliphatic rings. The number of carbonyl (C=O) groups excluding carboxylic acids is 1. The lowest BCUT2D eigenvalue weighted by atomic mass is 9.72. The quantitative estimate of drug-likeness (QED) is 0.569. The predicted octanol–water partition coefficient (Wildman–Crippen LogP) is 1.95. The third-order valence-corrected chi connectivity index (χ3v) is 3.21. The van der Waals surface area contributed by atoms with Crippen molar-refractivity contribution in [1.29, 1.82) is 0 Å². The minimum Gasteiger partial charge on any atom is -0.362 e. The Labute approximate surface area is 96.5 Å². The number of rotatable bonds is 3. The van der Waals surface area contributed by atoms with Crippen molar-refractivity contribution in [2.45, 2.75) is 46.3 Å². The van der Waals surface area contributed by atoms with Gasteiger partial charge in [-0.25, -0.2) is 0 Å². The van der Waals surface area contributed by atoms with E-state index < -0.39 is 12.1 Å².